The summed E-state index contributed by atoms with van der Waals surface area (Å²) in [6, 6.07) is 25.0. The number of hydrogen-bond donors (Lipinski definition) is 1. The standard InChI is InChI=1S/C34H24ClN3O5/c1-19-17-28-34(24-13-4-6-15-26(24)36-33(34)41)29(31(39)20-9-8-10-21(18-20)38(42)43)30(32(40)23-12-2-5-14-25(23)35)37(28)27-16-7-3-11-22(19)27/h2-18,28-30H,1H3,(H,36,41)/t28-,29+,30-,34+/m0/s1. The summed E-state index contributed by atoms with van der Waals surface area (Å²) in [5.74, 6) is -2.64. The van der Waals surface area contributed by atoms with E-state index in [0.29, 0.717) is 16.9 Å². The number of nitro groups is 1. The van der Waals surface area contributed by atoms with Crippen LogP contribution in [0, 0.1) is 16.0 Å². The summed E-state index contributed by atoms with van der Waals surface area (Å²) < 4.78 is 0. The Balaban J connectivity index is 1.56. The van der Waals surface area contributed by atoms with Crippen LogP contribution in [0.15, 0.2) is 103 Å². The number of hydrogen-bond acceptors (Lipinski definition) is 6. The largest absolute Gasteiger partial charge is 0.352 e. The van der Waals surface area contributed by atoms with Gasteiger partial charge in [-0.1, -0.05) is 78.3 Å². The van der Waals surface area contributed by atoms with Gasteiger partial charge < -0.3 is 10.2 Å². The SMILES string of the molecule is CC1=C[C@@H]2N(c3ccccc31)[C@H](C(=O)c1ccccc1Cl)[C@H](C(=O)c1cccc([N+](=O)[O-])c1)[C@]21C(=O)Nc2ccccc21. The van der Waals surface area contributed by atoms with Crippen LogP contribution in [0.4, 0.5) is 17.1 Å². The van der Waals surface area contributed by atoms with E-state index in [1.807, 2.05) is 48.2 Å². The molecule has 9 heteroatoms. The van der Waals surface area contributed by atoms with Gasteiger partial charge in [-0.2, -0.15) is 0 Å². The van der Waals surface area contributed by atoms with E-state index >= 15 is 0 Å². The van der Waals surface area contributed by atoms with Crippen LogP contribution in [-0.4, -0.2) is 34.5 Å². The van der Waals surface area contributed by atoms with Gasteiger partial charge in [0, 0.05) is 40.2 Å². The van der Waals surface area contributed by atoms with E-state index in [0.717, 1.165) is 11.1 Å². The number of non-ortho nitro benzene ring substituents is 1. The van der Waals surface area contributed by atoms with Gasteiger partial charge in [0.15, 0.2) is 11.6 Å². The van der Waals surface area contributed by atoms with Gasteiger partial charge in [-0.15, -0.1) is 0 Å². The van der Waals surface area contributed by atoms with Gasteiger partial charge in [0.25, 0.3) is 5.69 Å². The number of allylic oxidation sites excluding steroid dienone is 1. The minimum atomic E-state index is -1.53. The van der Waals surface area contributed by atoms with Gasteiger partial charge in [-0.25, -0.2) is 0 Å². The molecule has 0 bridgehead atoms. The van der Waals surface area contributed by atoms with Crippen LogP contribution in [-0.2, 0) is 10.2 Å². The molecule has 3 aliphatic rings. The van der Waals surface area contributed by atoms with E-state index in [1.165, 1.54) is 24.3 Å². The highest BCUT2D eigenvalue weighted by Crippen LogP contribution is 2.59. The Morgan fingerprint density at radius 3 is 2.44 bits per heavy atom. The third-order valence-electron chi connectivity index (χ3n) is 8.92. The van der Waals surface area contributed by atoms with E-state index in [2.05, 4.69) is 5.32 Å². The number of halogens is 1. The summed E-state index contributed by atoms with van der Waals surface area (Å²) in [5, 5.41) is 14.9. The Hall–Kier alpha value is -5.08. The number of carbonyl (C=O) groups excluding carboxylic acids is 3. The average molecular weight is 590 g/mol. The first kappa shape index (κ1) is 26.8. The first-order valence-corrected chi connectivity index (χ1v) is 14.2. The minimum Gasteiger partial charge on any atom is -0.352 e. The van der Waals surface area contributed by atoms with Crippen LogP contribution in [0.1, 0.15) is 38.8 Å². The molecule has 4 atom stereocenters. The van der Waals surface area contributed by atoms with E-state index in [-0.39, 0.29) is 21.8 Å². The number of fused-ring (bicyclic) bond motifs is 6. The molecule has 1 amide bonds. The van der Waals surface area contributed by atoms with Crippen molar-refractivity contribution in [2.24, 2.45) is 5.92 Å². The highest BCUT2D eigenvalue weighted by atomic mass is 35.5. The number of amides is 1. The lowest BCUT2D eigenvalue weighted by Crippen LogP contribution is -2.51. The van der Waals surface area contributed by atoms with Crippen molar-refractivity contribution in [1.29, 1.82) is 0 Å². The Labute approximate surface area is 251 Å². The van der Waals surface area contributed by atoms with Gasteiger partial charge in [-0.3, -0.25) is 24.5 Å². The molecule has 1 fully saturated rings. The van der Waals surface area contributed by atoms with E-state index in [9.17, 15) is 24.5 Å². The van der Waals surface area contributed by atoms with Crippen LogP contribution in [0.5, 0.6) is 0 Å². The highest BCUT2D eigenvalue weighted by molar-refractivity contribution is 6.34. The molecule has 0 saturated carbocycles. The van der Waals surface area contributed by atoms with Gasteiger partial charge in [0.05, 0.1) is 21.9 Å². The molecule has 7 rings (SSSR count). The zero-order valence-electron chi connectivity index (χ0n) is 22.9. The molecule has 212 valence electrons. The smallest absolute Gasteiger partial charge is 0.270 e. The molecule has 0 radical (unpaired) electrons. The summed E-state index contributed by atoms with van der Waals surface area (Å²) >= 11 is 6.57. The normalized spacial score (nSPS) is 23.2. The van der Waals surface area contributed by atoms with Crippen LogP contribution < -0.4 is 10.2 Å². The Morgan fingerprint density at radius 2 is 1.65 bits per heavy atom. The highest BCUT2D eigenvalue weighted by Gasteiger charge is 2.70. The number of Topliss-reactive ketones (excluding diaryl/α,β-unsaturated/α-hetero) is 2. The maximum absolute atomic E-state index is 14.9. The number of carbonyl (C=O) groups is 3. The number of benzene rings is 4. The minimum absolute atomic E-state index is 0.0431. The third-order valence-corrected chi connectivity index (χ3v) is 9.25. The van der Waals surface area contributed by atoms with Gasteiger partial charge in [0.1, 0.15) is 11.5 Å². The lowest BCUT2D eigenvalue weighted by molar-refractivity contribution is -0.384. The maximum atomic E-state index is 14.9. The lowest BCUT2D eigenvalue weighted by Gasteiger charge is -2.39. The number of para-hydroxylation sites is 2. The van der Waals surface area contributed by atoms with Crippen molar-refractivity contribution in [3.05, 3.63) is 141 Å². The van der Waals surface area contributed by atoms with Crippen LogP contribution >= 0.6 is 11.6 Å². The summed E-state index contributed by atoms with van der Waals surface area (Å²) in [4.78, 5) is 57.1. The Bertz CT molecular complexity index is 1920. The van der Waals surface area contributed by atoms with E-state index in [4.69, 9.17) is 11.6 Å². The molecule has 4 aromatic rings. The number of nitro benzene ring substituents is 1. The van der Waals surface area contributed by atoms with Gasteiger partial charge in [0.2, 0.25) is 5.91 Å². The van der Waals surface area contributed by atoms with Crippen molar-refractivity contribution in [1.82, 2.24) is 0 Å². The molecule has 4 aromatic carbocycles. The zero-order chi connectivity index (χ0) is 30.0. The third kappa shape index (κ3) is 3.73. The molecular weight excluding hydrogens is 566 g/mol. The fourth-order valence-corrected chi connectivity index (χ4v) is 7.39. The molecule has 3 aliphatic heterocycles. The summed E-state index contributed by atoms with van der Waals surface area (Å²) in [5.41, 5.74) is 2.11. The molecule has 0 aromatic heterocycles. The molecule has 1 saturated heterocycles. The van der Waals surface area contributed by atoms with Crippen LogP contribution in [0.3, 0.4) is 0 Å². The molecule has 43 heavy (non-hydrogen) atoms. The summed E-state index contributed by atoms with van der Waals surface area (Å²) in [6.07, 6.45) is 1.96. The first-order valence-electron chi connectivity index (χ1n) is 13.8. The van der Waals surface area contributed by atoms with Crippen molar-refractivity contribution in [3.63, 3.8) is 0 Å². The fourth-order valence-electron chi connectivity index (χ4n) is 7.16. The van der Waals surface area contributed by atoms with Crippen molar-refractivity contribution in [2.75, 3.05) is 10.2 Å². The van der Waals surface area contributed by atoms with Crippen molar-refractivity contribution in [3.8, 4) is 0 Å². The van der Waals surface area contributed by atoms with E-state index in [1.54, 1.807) is 42.5 Å². The first-order chi connectivity index (χ1) is 20.7. The zero-order valence-corrected chi connectivity index (χ0v) is 23.6. The Kier molecular flexibility index (Phi) is 6.07. The monoisotopic (exact) mass is 589 g/mol. The fraction of sp³-hybridized carbons (Fsp3) is 0.147. The second kappa shape index (κ2) is 9.74. The van der Waals surface area contributed by atoms with E-state index < -0.39 is 45.8 Å². The predicted octanol–water partition coefficient (Wildman–Crippen LogP) is 6.49. The molecular formula is C34H24ClN3O5. The summed E-state index contributed by atoms with van der Waals surface area (Å²) in [7, 11) is 0. The number of anilines is 2. The van der Waals surface area contributed by atoms with Crippen LogP contribution in [0.2, 0.25) is 5.02 Å². The molecule has 8 nitrogen and oxygen atoms in total. The Morgan fingerprint density at radius 1 is 0.930 bits per heavy atom. The van der Waals surface area contributed by atoms with Crippen molar-refractivity contribution >= 4 is 51.7 Å². The number of nitrogens with one attached hydrogen (secondary N) is 1. The quantitative estimate of drug-likeness (QED) is 0.162. The lowest BCUT2D eigenvalue weighted by atomic mass is 9.64. The number of ketones is 2. The molecule has 1 N–H and O–H groups in total. The summed E-state index contributed by atoms with van der Waals surface area (Å²) in [6.45, 7) is 1.95. The number of nitrogens with zero attached hydrogens (tertiary/aromatic N) is 2. The topological polar surface area (TPSA) is 110 Å². The second-order valence-corrected chi connectivity index (χ2v) is 11.4. The van der Waals surface area contributed by atoms with Crippen molar-refractivity contribution < 1.29 is 19.3 Å². The van der Waals surface area contributed by atoms with Crippen molar-refractivity contribution in [2.45, 2.75) is 24.4 Å². The van der Waals surface area contributed by atoms with Gasteiger partial charge in [-0.05, 0) is 42.3 Å². The molecule has 1 spiro atoms. The second-order valence-electron chi connectivity index (χ2n) is 11.0. The number of rotatable bonds is 5. The molecule has 3 heterocycles. The van der Waals surface area contributed by atoms with Crippen LogP contribution in [0.25, 0.3) is 5.57 Å². The maximum Gasteiger partial charge on any atom is 0.270 e. The average Bonchev–Trinajstić information content (AvgIpc) is 3.49. The predicted molar refractivity (Wildman–Crippen MR) is 164 cm³/mol. The molecule has 0 unspecified atom stereocenters. The molecule has 0 aliphatic carbocycles. The van der Waals surface area contributed by atoms with Gasteiger partial charge >= 0.3 is 0 Å².